The summed E-state index contributed by atoms with van der Waals surface area (Å²) in [7, 11) is 5.30. The number of alkyl halides is 26. The number of nitriles is 1. The van der Waals surface area contributed by atoms with Crippen LogP contribution in [-0.4, -0.2) is 186 Å². The number of benzene rings is 2. The molecular formula is C72H94F26N3O6PS5Sn2. The largest absolute Gasteiger partial charge is 0.481 e. The van der Waals surface area contributed by atoms with Crippen molar-refractivity contribution >= 4 is 152 Å². The van der Waals surface area contributed by atoms with Crippen molar-refractivity contribution in [2.24, 2.45) is 11.8 Å². The molecule has 4 atom stereocenters. The Balaban J connectivity index is 0.00000160. The van der Waals surface area contributed by atoms with E-state index in [0.717, 1.165) is 43.3 Å². The van der Waals surface area contributed by atoms with E-state index >= 15 is 0 Å². The molecule has 658 valence electrons. The van der Waals surface area contributed by atoms with E-state index < -0.39 is 206 Å². The molecule has 115 heavy (non-hydrogen) atoms. The van der Waals surface area contributed by atoms with E-state index in [2.05, 4.69) is 81.5 Å². The molecule has 9 nitrogen and oxygen atoms in total. The summed E-state index contributed by atoms with van der Waals surface area (Å²) in [6, 6.07) is 18.9. The van der Waals surface area contributed by atoms with Gasteiger partial charge in [0.25, 0.3) is 11.8 Å². The van der Waals surface area contributed by atoms with Crippen LogP contribution in [-0.2, 0) is 43.4 Å². The van der Waals surface area contributed by atoms with Gasteiger partial charge in [-0.25, -0.2) is 0 Å². The summed E-state index contributed by atoms with van der Waals surface area (Å²) in [5.74, 6) is -79.2. The Morgan fingerprint density at radius 3 is 1.31 bits per heavy atom. The number of nitrogens with zero attached hydrogens (tertiary/aromatic N) is 3. The van der Waals surface area contributed by atoms with Crippen molar-refractivity contribution < 1.29 is 146 Å². The minimum absolute atomic E-state index is 0.00276. The maximum atomic E-state index is 14.1. The molecule has 0 bridgehead atoms. The van der Waals surface area contributed by atoms with Gasteiger partial charge in [0.1, 0.15) is 8.28 Å². The first-order chi connectivity index (χ1) is 52.9. The molecule has 4 rings (SSSR count). The number of carboxylic acid groups (broad SMARTS) is 1. The number of unbranched alkanes of at least 4 members (excludes halogenated alkanes) is 11. The van der Waals surface area contributed by atoms with Crippen molar-refractivity contribution in [2.45, 2.75) is 262 Å². The summed E-state index contributed by atoms with van der Waals surface area (Å²) in [4.78, 5) is 73.7. The Hall–Kier alpha value is -3.66. The summed E-state index contributed by atoms with van der Waals surface area (Å²) in [6.45, 7) is 9.74. The average molecular weight is 2020 g/mol. The zero-order valence-corrected chi connectivity index (χ0v) is 74.8. The minimum Gasteiger partial charge on any atom is -0.481 e. The van der Waals surface area contributed by atoms with E-state index in [4.69, 9.17) is 20.1 Å². The third-order valence-corrected chi connectivity index (χ3v) is 33.8. The van der Waals surface area contributed by atoms with Crippen LogP contribution >= 0.6 is 43.8 Å². The first-order valence-corrected chi connectivity index (χ1v) is 60.9. The third-order valence-electron chi connectivity index (χ3n) is 18.1. The van der Waals surface area contributed by atoms with Gasteiger partial charge in [-0.2, -0.15) is 119 Å². The third kappa shape index (κ3) is 30.7. The van der Waals surface area contributed by atoms with Crippen molar-refractivity contribution in [3.63, 3.8) is 0 Å². The summed E-state index contributed by atoms with van der Waals surface area (Å²) >= 11 is 4.19. The van der Waals surface area contributed by atoms with Crippen LogP contribution in [0.15, 0.2) is 67.3 Å². The van der Waals surface area contributed by atoms with Gasteiger partial charge in [0.2, 0.25) is 0 Å². The molecule has 0 radical (unpaired) electrons. The number of amides is 4. The standard InChI is InChI=1S/C24H23F13NO2.C19H33NO2S3.C14H10F13NO2.C8H7.CH3PS2.6CH3.2Sn/c1-13(15-8-4-3-5-9-15)12-16-14(2)17(39)38(18(16)40)11-7-6-10-19(25,26)20(27,28)21(29,30)22(31,32)23(33,34)24(35,36)37;1-3-4-5-6-7-8-9-10-11-12-15-24-18(23)25-19(2,16-20)14-13-17(21)22;15-9(16,5-1-2-6-28-7(29)3-4-8(28)30)10(17,18)11(19,20)12(21,22)13(23,24)14(25,26)27;1-2-8-6-4-3-5-7-8;1-3-4-2;;;;;;;;/h4-5,8-9,13-14,16H,6-7,10-12H2,1-2H3;3-15H2,1-2H3,(H,21,22);3-4H,1-2,5-6H2;2,4-7H,1H2;2H,1H2;6*1H3;;/i;;;;1TD;;;;;;;;. The second-order valence-corrected chi connectivity index (χ2v) is 64.8. The number of imide groups is 2. The van der Waals surface area contributed by atoms with Crippen molar-refractivity contribution in [3.8, 4) is 6.07 Å². The molecule has 2 aromatic carbocycles. The molecule has 4 amide bonds. The SMILES string of the molecule is C=Cc1cc[c]([Sn]([CH3])([CH3])[CH3])cc1.CC(CC1C(=O)N(CCCCC(F)(F)C(F)(F)C(F)(F)C(F)(F)C(F)(F)C(F)(F)F)C(=O)C1C)c1cc[c]([Sn]([CH3])([CH3])[CH3])cc1.CCCCCCCCCCCCSC(=S)SC(C)(C#N)CCC(=O)O.O=C1C=CC(=O)N1CCCCC(F)(F)C(F)(F)C(F)(F)C(F)(F)C(F)(F)C(F)(F)F.[2H]C([3H])=S=S=P. The van der Waals surface area contributed by atoms with E-state index in [1.54, 1.807) is 22.3 Å². The Morgan fingerprint density at radius 2 is 0.974 bits per heavy atom. The molecule has 0 aliphatic carbocycles. The minimum atomic E-state index is -7.95. The summed E-state index contributed by atoms with van der Waals surface area (Å²) in [5, 5.41) is 18.0. The Kier molecular flexibility index (Phi) is 43.0. The maximum Gasteiger partial charge on any atom is 0.460 e. The van der Waals surface area contributed by atoms with Crippen LogP contribution in [0.5, 0.6) is 0 Å². The van der Waals surface area contributed by atoms with Gasteiger partial charge in [0, 0.05) is 38.0 Å². The number of carbonyl (C=O) groups is 5. The van der Waals surface area contributed by atoms with Gasteiger partial charge in [0.15, 0.2) is 0 Å². The zero-order chi connectivity index (χ0) is 91.6. The first kappa shape index (κ1) is 107. The van der Waals surface area contributed by atoms with E-state index in [1.165, 1.54) is 95.1 Å². The van der Waals surface area contributed by atoms with Gasteiger partial charge in [-0.15, -0.1) is 11.8 Å². The second kappa shape index (κ2) is 46.0. The van der Waals surface area contributed by atoms with E-state index in [0.29, 0.717) is 16.2 Å². The number of hydrogen-bond acceptors (Lipinski definition) is 9. The molecular weight excluding hydrogens is 1930 g/mol. The van der Waals surface area contributed by atoms with Crippen LogP contribution < -0.4 is 7.16 Å². The number of likely N-dealkylation sites (tertiary alicyclic amines) is 1. The molecule has 2 aliphatic rings. The number of hydrogen-bond donors (Lipinski definition) is 1. The van der Waals surface area contributed by atoms with Crippen molar-refractivity contribution in [3.05, 3.63) is 78.4 Å². The van der Waals surface area contributed by atoms with Crippen molar-refractivity contribution in [2.75, 3.05) is 18.8 Å². The van der Waals surface area contributed by atoms with E-state index in [9.17, 15) is 143 Å². The number of carbonyl (C=O) groups excluding carboxylic acids is 4. The fourth-order valence-corrected chi connectivity index (χ4v) is 20.3. The van der Waals surface area contributed by atoms with Crippen LogP contribution in [0.4, 0.5) is 114 Å². The quantitative estimate of drug-likeness (QED) is 0.0172. The second-order valence-electron chi connectivity index (χ2n) is 29.2. The predicted octanol–water partition coefficient (Wildman–Crippen LogP) is 23.3. The summed E-state index contributed by atoms with van der Waals surface area (Å²) < 4.78 is 356. The Bertz CT molecular complexity index is 3740. The Labute approximate surface area is 685 Å². The fraction of sp³-hybridized carbons (Fsp3) is 0.667. The molecule has 0 aromatic heterocycles. The topological polar surface area (TPSA) is 136 Å². The number of halogens is 26. The van der Waals surface area contributed by atoms with E-state index in [-0.39, 0.29) is 24.6 Å². The van der Waals surface area contributed by atoms with Gasteiger partial charge in [-0.05, 0) is 52.2 Å². The summed E-state index contributed by atoms with van der Waals surface area (Å²) in [6.07, 6.45) is -6.33. The monoisotopic (exact) mass is 2020 g/mol. The molecule has 2 aromatic rings. The Morgan fingerprint density at radius 1 is 0.600 bits per heavy atom. The summed E-state index contributed by atoms with van der Waals surface area (Å²) in [5.41, 5.74) is 2.11. The molecule has 2 aliphatic heterocycles. The number of thiocarbonyl (C=S) groups is 1. The van der Waals surface area contributed by atoms with Gasteiger partial charge < -0.3 is 5.11 Å². The van der Waals surface area contributed by atoms with Crippen LogP contribution in [0.1, 0.15) is 169 Å². The van der Waals surface area contributed by atoms with Crippen LogP contribution in [0, 0.1) is 23.2 Å². The molecule has 1 N–H and O–H groups in total. The smallest absolute Gasteiger partial charge is 0.460 e. The number of thioether (sulfide) groups is 2. The normalized spacial score (nSPS) is 16.8. The maximum absolute atomic E-state index is 14.1. The molecule has 2 heterocycles. The van der Waals surface area contributed by atoms with Crippen LogP contribution in [0.2, 0.25) is 29.6 Å². The zero-order valence-electron chi connectivity index (χ0n) is 66.0. The predicted molar refractivity (Wildman–Crippen MR) is 412 cm³/mol. The first-order valence-electron chi connectivity index (χ1n) is 36.4. The van der Waals surface area contributed by atoms with Gasteiger partial charge in [-0.1, -0.05) is 108 Å². The van der Waals surface area contributed by atoms with Crippen LogP contribution in [0.3, 0.4) is 0 Å². The van der Waals surface area contributed by atoms with Gasteiger partial charge in [-0.3, -0.25) is 19.3 Å². The van der Waals surface area contributed by atoms with Gasteiger partial charge >= 0.3 is 307 Å². The fourth-order valence-electron chi connectivity index (χ4n) is 10.7. The number of carboxylic acids is 1. The molecule has 0 saturated carbocycles. The molecule has 1 saturated heterocycles. The van der Waals surface area contributed by atoms with Crippen molar-refractivity contribution in [1.82, 2.24) is 9.80 Å². The van der Waals surface area contributed by atoms with E-state index in [1.807, 2.05) is 37.3 Å². The number of rotatable bonds is 39. The molecule has 0 spiro atoms. The number of aliphatic carboxylic acids is 1. The average Bonchev–Trinajstić information content (AvgIpc) is 1.10. The van der Waals surface area contributed by atoms with Gasteiger partial charge in [0.05, 0.1) is 8.81 Å². The molecule has 4 unspecified atom stereocenters. The van der Waals surface area contributed by atoms with Crippen LogP contribution in [0.25, 0.3) is 6.08 Å². The molecule has 43 heteroatoms. The molecule has 1 fully saturated rings. The van der Waals surface area contributed by atoms with Crippen molar-refractivity contribution in [1.29, 1.82) is 5.26 Å².